The van der Waals surface area contributed by atoms with Crippen molar-refractivity contribution in [3.8, 4) is 17.2 Å². The van der Waals surface area contributed by atoms with Gasteiger partial charge in [-0.05, 0) is 87.0 Å². The van der Waals surface area contributed by atoms with Gasteiger partial charge in [0.05, 0.1) is 28.9 Å². The molecule has 0 aliphatic rings. The van der Waals surface area contributed by atoms with Crippen LogP contribution in [0.3, 0.4) is 0 Å². The summed E-state index contributed by atoms with van der Waals surface area (Å²) in [6, 6.07) is 9.44. The van der Waals surface area contributed by atoms with Gasteiger partial charge in [-0.2, -0.15) is 0 Å². The number of ether oxygens (including phenoxy) is 3. The minimum absolute atomic E-state index is 0.0970. The van der Waals surface area contributed by atoms with Crippen LogP contribution in [0.4, 0.5) is 0 Å². The molecule has 0 N–H and O–H groups in total. The summed E-state index contributed by atoms with van der Waals surface area (Å²) in [7, 11) is 1.66. The lowest BCUT2D eigenvalue weighted by atomic mass is 9.86. The first-order chi connectivity index (χ1) is 14.6. The van der Waals surface area contributed by atoms with E-state index in [1.54, 1.807) is 21.0 Å². The van der Waals surface area contributed by atoms with Crippen LogP contribution < -0.4 is 9.47 Å². The summed E-state index contributed by atoms with van der Waals surface area (Å²) in [4.78, 5) is 16.7. The van der Waals surface area contributed by atoms with E-state index in [0.717, 1.165) is 25.8 Å². The van der Waals surface area contributed by atoms with Crippen molar-refractivity contribution in [1.29, 1.82) is 0 Å². The molecule has 8 heteroatoms. The minimum Gasteiger partial charge on any atom is -0.496 e. The Morgan fingerprint density at radius 2 is 1.81 bits per heavy atom. The SMILES string of the molecule is CCOC(=O)C(C)O/N=C/c1cc(Br)c(Oc2ccc(OC)c(C(C)(C)C)c2)c(Br)c1. The molecule has 168 valence electrons. The predicted octanol–water partition coefficient (Wildman–Crippen LogP) is 6.61. The number of hydrogen-bond donors (Lipinski definition) is 0. The Hall–Kier alpha value is -2.06. The zero-order valence-corrected chi connectivity index (χ0v) is 21.7. The number of oxime groups is 1. The maximum Gasteiger partial charge on any atom is 0.349 e. The second kappa shape index (κ2) is 11.0. The summed E-state index contributed by atoms with van der Waals surface area (Å²) in [6.07, 6.45) is 0.734. The molecule has 0 radical (unpaired) electrons. The molecule has 2 aromatic rings. The Balaban J connectivity index is 2.20. The highest BCUT2D eigenvalue weighted by atomic mass is 79.9. The standard InChI is InChI=1S/C23H27Br2NO5/c1-7-29-22(27)14(2)31-26-13-15-10-18(24)21(19(25)11-15)30-16-8-9-20(28-6)17(12-16)23(3,4)5/h8-14H,7H2,1-6H3/b26-13+. The normalized spacial score (nSPS) is 12.5. The van der Waals surface area contributed by atoms with E-state index in [1.807, 2.05) is 30.3 Å². The summed E-state index contributed by atoms with van der Waals surface area (Å²) in [5.74, 6) is 1.68. The van der Waals surface area contributed by atoms with Crippen LogP contribution in [0.15, 0.2) is 44.4 Å². The fourth-order valence-corrected chi connectivity index (χ4v) is 4.08. The molecule has 0 spiro atoms. The number of carbonyl (C=O) groups is 1. The van der Waals surface area contributed by atoms with Crippen LogP contribution in [0.1, 0.15) is 45.7 Å². The van der Waals surface area contributed by atoms with Gasteiger partial charge in [0.25, 0.3) is 0 Å². The van der Waals surface area contributed by atoms with Crippen LogP contribution >= 0.6 is 31.9 Å². The first-order valence-corrected chi connectivity index (χ1v) is 11.4. The fourth-order valence-electron chi connectivity index (χ4n) is 2.69. The number of esters is 1. The largest absolute Gasteiger partial charge is 0.496 e. The Labute approximate surface area is 200 Å². The van der Waals surface area contributed by atoms with E-state index in [2.05, 4.69) is 57.8 Å². The Morgan fingerprint density at radius 1 is 1.16 bits per heavy atom. The molecule has 0 heterocycles. The van der Waals surface area contributed by atoms with E-state index in [1.165, 1.54) is 6.21 Å². The molecule has 0 aromatic heterocycles. The zero-order chi connectivity index (χ0) is 23.2. The van der Waals surface area contributed by atoms with Crippen molar-refractivity contribution < 1.29 is 23.8 Å². The van der Waals surface area contributed by atoms with Crippen LogP contribution in [0.5, 0.6) is 17.2 Å². The number of hydrogen-bond acceptors (Lipinski definition) is 6. The third-order valence-corrected chi connectivity index (χ3v) is 5.44. The van der Waals surface area contributed by atoms with Crippen molar-refractivity contribution >= 4 is 44.0 Å². The van der Waals surface area contributed by atoms with Crippen LogP contribution in [0.25, 0.3) is 0 Å². The fraction of sp³-hybridized carbons (Fsp3) is 0.391. The highest BCUT2D eigenvalue weighted by Gasteiger charge is 2.20. The topological polar surface area (TPSA) is 66.4 Å². The first kappa shape index (κ1) is 25.2. The van der Waals surface area contributed by atoms with E-state index in [-0.39, 0.29) is 5.41 Å². The van der Waals surface area contributed by atoms with Gasteiger partial charge in [-0.3, -0.25) is 0 Å². The van der Waals surface area contributed by atoms with Crippen LogP contribution in [0, 0.1) is 0 Å². The number of methoxy groups -OCH3 is 1. The van der Waals surface area contributed by atoms with Crippen molar-refractivity contribution in [2.24, 2.45) is 5.16 Å². The van der Waals surface area contributed by atoms with Crippen LogP contribution in [-0.4, -0.2) is 32.0 Å². The molecule has 0 bridgehead atoms. The molecule has 0 fully saturated rings. The Morgan fingerprint density at radius 3 is 2.35 bits per heavy atom. The first-order valence-electron chi connectivity index (χ1n) is 9.78. The third-order valence-electron chi connectivity index (χ3n) is 4.26. The average molecular weight is 557 g/mol. The van der Waals surface area contributed by atoms with Gasteiger partial charge in [-0.15, -0.1) is 0 Å². The second-order valence-electron chi connectivity index (χ2n) is 7.76. The maximum absolute atomic E-state index is 11.6. The smallest absolute Gasteiger partial charge is 0.349 e. The Bertz CT molecular complexity index is 930. The molecule has 1 atom stereocenters. The van der Waals surface area contributed by atoms with Gasteiger partial charge in [0.15, 0.2) is 5.75 Å². The predicted molar refractivity (Wildman–Crippen MR) is 128 cm³/mol. The minimum atomic E-state index is -0.780. The molecule has 0 saturated heterocycles. The van der Waals surface area contributed by atoms with E-state index >= 15 is 0 Å². The molecule has 1 unspecified atom stereocenters. The molecule has 2 rings (SSSR count). The molecule has 31 heavy (non-hydrogen) atoms. The summed E-state index contributed by atoms with van der Waals surface area (Å²) >= 11 is 7.10. The summed E-state index contributed by atoms with van der Waals surface area (Å²) in [6.45, 7) is 9.99. The van der Waals surface area contributed by atoms with Gasteiger partial charge in [-0.25, -0.2) is 4.79 Å². The molecular formula is C23H27Br2NO5. The zero-order valence-electron chi connectivity index (χ0n) is 18.5. The van der Waals surface area contributed by atoms with Gasteiger partial charge in [0.2, 0.25) is 6.10 Å². The molecule has 6 nitrogen and oxygen atoms in total. The molecule has 0 amide bonds. The Kier molecular flexibility index (Phi) is 8.94. The van der Waals surface area contributed by atoms with Crippen molar-refractivity contribution in [2.75, 3.05) is 13.7 Å². The van der Waals surface area contributed by atoms with E-state index in [4.69, 9.17) is 19.0 Å². The monoisotopic (exact) mass is 555 g/mol. The molecule has 0 aliphatic carbocycles. The lowest BCUT2D eigenvalue weighted by Gasteiger charge is -2.23. The maximum atomic E-state index is 11.6. The van der Waals surface area contributed by atoms with Crippen molar-refractivity contribution in [3.05, 3.63) is 50.4 Å². The number of benzene rings is 2. The highest BCUT2D eigenvalue weighted by Crippen LogP contribution is 2.40. The van der Waals surface area contributed by atoms with Gasteiger partial charge < -0.3 is 19.0 Å². The van der Waals surface area contributed by atoms with Gasteiger partial charge in [0.1, 0.15) is 11.5 Å². The molecule has 0 saturated carbocycles. The highest BCUT2D eigenvalue weighted by molar-refractivity contribution is 9.11. The van der Waals surface area contributed by atoms with Crippen LogP contribution in [-0.2, 0) is 19.8 Å². The third kappa shape index (κ3) is 6.97. The van der Waals surface area contributed by atoms with Crippen molar-refractivity contribution in [1.82, 2.24) is 0 Å². The average Bonchev–Trinajstić information content (AvgIpc) is 2.70. The quantitative estimate of drug-likeness (QED) is 0.208. The molecular weight excluding hydrogens is 530 g/mol. The summed E-state index contributed by atoms with van der Waals surface area (Å²) in [5, 5.41) is 3.88. The number of rotatable bonds is 8. The number of nitrogens with zero attached hydrogens (tertiary/aromatic N) is 1. The van der Waals surface area contributed by atoms with Crippen LogP contribution in [0.2, 0.25) is 0 Å². The van der Waals surface area contributed by atoms with E-state index in [9.17, 15) is 4.79 Å². The van der Waals surface area contributed by atoms with Gasteiger partial charge in [-0.1, -0.05) is 25.9 Å². The second-order valence-corrected chi connectivity index (χ2v) is 9.47. The lowest BCUT2D eigenvalue weighted by molar-refractivity contribution is -0.155. The lowest BCUT2D eigenvalue weighted by Crippen LogP contribution is -2.21. The van der Waals surface area contributed by atoms with E-state index < -0.39 is 12.1 Å². The number of carbonyl (C=O) groups excluding carboxylic acids is 1. The van der Waals surface area contributed by atoms with Crippen molar-refractivity contribution in [3.63, 3.8) is 0 Å². The van der Waals surface area contributed by atoms with Gasteiger partial charge >= 0.3 is 5.97 Å². The van der Waals surface area contributed by atoms with Crippen molar-refractivity contribution in [2.45, 2.75) is 46.1 Å². The number of halogens is 2. The van der Waals surface area contributed by atoms with Gasteiger partial charge in [0, 0.05) is 5.56 Å². The molecule has 0 aliphatic heterocycles. The van der Waals surface area contributed by atoms with E-state index in [0.29, 0.717) is 18.1 Å². The summed E-state index contributed by atoms with van der Waals surface area (Å²) < 4.78 is 18.0. The molecule has 2 aromatic carbocycles. The summed E-state index contributed by atoms with van der Waals surface area (Å²) in [5.41, 5.74) is 1.71.